The number of allylic oxidation sites excluding steroid dienone is 3. The van der Waals surface area contributed by atoms with Gasteiger partial charge in [0.25, 0.3) is 0 Å². The van der Waals surface area contributed by atoms with E-state index in [0.717, 1.165) is 25.3 Å². The minimum atomic E-state index is 0.472. The first kappa shape index (κ1) is 19.8. The van der Waals surface area contributed by atoms with Gasteiger partial charge in [-0.2, -0.15) is 0 Å². The van der Waals surface area contributed by atoms with Crippen LogP contribution in [0, 0.1) is 24.2 Å². The fourth-order valence-electron chi connectivity index (χ4n) is 2.86. The first-order chi connectivity index (χ1) is 10.2. The van der Waals surface area contributed by atoms with Crippen LogP contribution in [0.5, 0.6) is 0 Å². The largest absolute Gasteiger partial charge is 0.352 e. The summed E-state index contributed by atoms with van der Waals surface area (Å²) in [7, 11) is 0. The topological polar surface area (TPSA) is 3.24 Å². The highest BCUT2D eigenvalue weighted by atomic mass is 15.1. The summed E-state index contributed by atoms with van der Waals surface area (Å²) in [5.74, 6) is 4.08. The molecule has 0 radical (unpaired) electrons. The van der Waals surface area contributed by atoms with E-state index in [-0.39, 0.29) is 0 Å². The van der Waals surface area contributed by atoms with Crippen molar-refractivity contribution in [3.05, 3.63) is 24.0 Å². The molecule has 1 heteroatoms. The molecule has 0 saturated heterocycles. The van der Waals surface area contributed by atoms with Crippen LogP contribution in [-0.2, 0) is 0 Å². The number of hydrogen-bond acceptors (Lipinski definition) is 1. The maximum atomic E-state index is 5.55. The first-order valence-electron chi connectivity index (χ1n) is 8.67. The van der Waals surface area contributed by atoms with Crippen LogP contribution in [0.4, 0.5) is 0 Å². The van der Waals surface area contributed by atoms with Crippen LogP contribution in [0.25, 0.3) is 0 Å². The van der Waals surface area contributed by atoms with Crippen LogP contribution in [0.1, 0.15) is 73.1 Å². The third-order valence-corrected chi connectivity index (χ3v) is 4.23. The predicted molar refractivity (Wildman–Crippen MR) is 95.8 cm³/mol. The monoisotopic (exact) mass is 289 g/mol. The molecule has 0 saturated carbocycles. The Hall–Kier alpha value is -1.16. The molecule has 120 valence electrons. The van der Waals surface area contributed by atoms with Crippen LogP contribution in [0.15, 0.2) is 24.0 Å². The third-order valence-electron chi connectivity index (χ3n) is 4.23. The minimum Gasteiger partial charge on any atom is -0.352 e. The zero-order chi connectivity index (χ0) is 16.1. The summed E-state index contributed by atoms with van der Waals surface area (Å²) >= 11 is 0. The molecule has 1 nitrogen and oxygen atoms in total. The highest BCUT2D eigenvalue weighted by molar-refractivity contribution is 5.11. The SMILES string of the molecule is C#CCC(CC)/C(=C/C)N(/C=C\C)CC(CC)CCCC. The van der Waals surface area contributed by atoms with Gasteiger partial charge >= 0.3 is 0 Å². The average molecular weight is 290 g/mol. The van der Waals surface area contributed by atoms with E-state index in [4.69, 9.17) is 6.42 Å². The lowest BCUT2D eigenvalue weighted by molar-refractivity contribution is 0.302. The minimum absolute atomic E-state index is 0.472. The van der Waals surface area contributed by atoms with E-state index in [1.165, 1.54) is 31.4 Å². The number of hydrogen-bond donors (Lipinski definition) is 0. The molecule has 0 aromatic heterocycles. The molecule has 0 aromatic carbocycles. The van der Waals surface area contributed by atoms with Crippen LogP contribution in [-0.4, -0.2) is 11.4 Å². The zero-order valence-electron chi connectivity index (χ0n) is 14.9. The second kappa shape index (κ2) is 12.6. The second-order valence-corrected chi connectivity index (χ2v) is 5.78. The van der Waals surface area contributed by atoms with Gasteiger partial charge in [0.2, 0.25) is 0 Å². The average Bonchev–Trinajstić information content (AvgIpc) is 2.50. The van der Waals surface area contributed by atoms with E-state index in [1.807, 2.05) is 0 Å². The van der Waals surface area contributed by atoms with Gasteiger partial charge in [0.05, 0.1) is 0 Å². The molecule has 0 aliphatic heterocycles. The van der Waals surface area contributed by atoms with E-state index in [9.17, 15) is 0 Å². The summed E-state index contributed by atoms with van der Waals surface area (Å²) in [6.45, 7) is 12.2. The van der Waals surface area contributed by atoms with Gasteiger partial charge in [0, 0.05) is 24.6 Å². The molecule has 0 aromatic rings. The first-order valence-corrected chi connectivity index (χ1v) is 8.67. The zero-order valence-corrected chi connectivity index (χ0v) is 14.9. The van der Waals surface area contributed by atoms with Crippen molar-refractivity contribution in [1.82, 2.24) is 4.90 Å². The lowest BCUT2D eigenvalue weighted by Crippen LogP contribution is -2.28. The van der Waals surface area contributed by atoms with Crippen LogP contribution in [0.3, 0.4) is 0 Å². The molecule has 0 heterocycles. The number of unbranched alkanes of at least 4 members (excludes halogenated alkanes) is 1. The predicted octanol–water partition coefficient (Wildman–Crippen LogP) is 5.99. The maximum Gasteiger partial charge on any atom is 0.0250 e. The Morgan fingerprint density at radius 3 is 2.33 bits per heavy atom. The molecule has 0 N–H and O–H groups in total. The van der Waals surface area contributed by atoms with E-state index in [2.05, 4.69) is 63.8 Å². The Bertz CT molecular complexity index is 345. The summed E-state index contributed by atoms with van der Waals surface area (Å²) < 4.78 is 0. The van der Waals surface area contributed by atoms with Gasteiger partial charge in [0.1, 0.15) is 0 Å². The maximum absolute atomic E-state index is 5.55. The number of nitrogens with zero attached hydrogens (tertiary/aromatic N) is 1. The quantitative estimate of drug-likeness (QED) is 0.422. The molecular formula is C20H35N. The van der Waals surface area contributed by atoms with Gasteiger partial charge < -0.3 is 4.90 Å². The van der Waals surface area contributed by atoms with Crippen molar-refractivity contribution in [3.8, 4) is 12.3 Å². The van der Waals surface area contributed by atoms with E-state index < -0.39 is 0 Å². The molecule has 21 heavy (non-hydrogen) atoms. The molecule has 2 unspecified atom stereocenters. The van der Waals surface area contributed by atoms with E-state index >= 15 is 0 Å². The Morgan fingerprint density at radius 2 is 1.90 bits per heavy atom. The molecule has 0 fully saturated rings. The van der Waals surface area contributed by atoms with Gasteiger partial charge in [0.15, 0.2) is 0 Å². The van der Waals surface area contributed by atoms with Crippen molar-refractivity contribution in [1.29, 1.82) is 0 Å². The summed E-state index contributed by atoms with van der Waals surface area (Å²) in [6, 6.07) is 0. The Kier molecular flexibility index (Phi) is 11.9. The van der Waals surface area contributed by atoms with Crippen molar-refractivity contribution in [2.24, 2.45) is 11.8 Å². The Labute approximate surface area is 133 Å². The van der Waals surface area contributed by atoms with Gasteiger partial charge in [-0.25, -0.2) is 0 Å². The van der Waals surface area contributed by atoms with Crippen LogP contribution in [0.2, 0.25) is 0 Å². The summed E-state index contributed by atoms with van der Waals surface area (Å²) in [5, 5.41) is 0. The second-order valence-electron chi connectivity index (χ2n) is 5.78. The van der Waals surface area contributed by atoms with E-state index in [0.29, 0.717) is 5.92 Å². The fourth-order valence-corrected chi connectivity index (χ4v) is 2.86. The van der Waals surface area contributed by atoms with Gasteiger partial charge in [-0.3, -0.25) is 0 Å². The molecule has 0 amide bonds. The summed E-state index contributed by atoms with van der Waals surface area (Å²) in [6.07, 6.45) is 19.3. The third kappa shape index (κ3) is 7.42. The lowest BCUT2D eigenvalue weighted by Gasteiger charge is -2.32. The molecule has 0 bridgehead atoms. The van der Waals surface area contributed by atoms with Gasteiger partial charge in [-0.05, 0) is 38.8 Å². The van der Waals surface area contributed by atoms with Crippen molar-refractivity contribution in [3.63, 3.8) is 0 Å². The molecular weight excluding hydrogens is 254 g/mol. The molecule has 0 spiro atoms. The number of rotatable bonds is 11. The van der Waals surface area contributed by atoms with Crippen LogP contribution >= 0.6 is 0 Å². The van der Waals surface area contributed by atoms with Crippen molar-refractivity contribution < 1.29 is 0 Å². The van der Waals surface area contributed by atoms with Crippen molar-refractivity contribution in [2.45, 2.75) is 73.1 Å². The Balaban J connectivity index is 5.03. The lowest BCUT2D eigenvalue weighted by atomic mass is 9.94. The molecule has 0 aliphatic rings. The molecule has 2 atom stereocenters. The van der Waals surface area contributed by atoms with E-state index in [1.54, 1.807) is 0 Å². The van der Waals surface area contributed by atoms with Crippen molar-refractivity contribution in [2.75, 3.05) is 6.54 Å². The van der Waals surface area contributed by atoms with Gasteiger partial charge in [-0.15, -0.1) is 12.3 Å². The standard InChI is InChI=1S/C20H35N/c1-7-13-15-18(10-4)17-21(16-9-3)20(12-6)19(11-5)14-8-2/h2,9,12,16,18-19H,7,10-11,13-15,17H2,1,3-6H3/b16-9-,20-12-. The molecule has 0 aliphatic carbocycles. The number of terminal acetylenes is 1. The fraction of sp³-hybridized carbons (Fsp3) is 0.700. The highest BCUT2D eigenvalue weighted by Gasteiger charge is 2.18. The summed E-state index contributed by atoms with van der Waals surface area (Å²) in [4.78, 5) is 2.44. The molecule has 0 rings (SSSR count). The smallest absolute Gasteiger partial charge is 0.0250 e. The Morgan fingerprint density at radius 1 is 1.19 bits per heavy atom. The van der Waals surface area contributed by atoms with Crippen molar-refractivity contribution >= 4 is 0 Å². The highest BCUT2D eigenvalue weighted by Crippen LogP contribution is 2.26. The van der Waals surface area contributed by atoms with Crippen LogP contribution < -0.4 is 0 Å². The summed E-state index contributed by atoms with van der Waals surface area (Å²) in [5.41, 5.74) is 1.39. The normalized spacial score (nSPS) is 15.0. The van der Waals surface area contributed by atoms with Gasteiger partial charge in [-0.1, -0.05) is 52.2 Å².